The smallest absolute Gasteiger partial charge is 0.321 e. The Morgan fingerprint density at radius 3 is 2.29 bits per heavy atom. The highest BCUT2D eigenvalue weighted by molar-refractivity contribution is 5.90. The Labute approximate surface area is 165 Å². The minimum atomic E-state index is -0.141. The molecule has 2 amide bonds. The third-order valence-corrected chi connectivity index (χ3v) is 5.08. The van der Waals surface area contributed by atoms with Crippen molar-refractivity contribution in [2.24, 2.45) is 0 Å². The van der Waals surface area contributed by atoms with Crippen molar-refractivity contribution in [3.8, 4) is 17.2 Å². The van der Waals surface area contributed by atoms with E-state index in [0.29, 0.717) is 36.0 Å². The highest BCUT2D eigenvalue weighted by Crippen LogP contribution is 2.40. The Balaban J connectivity index is 1.67. The van der Waals surface area contributed by atoms with E-state index in [-0.39, 0.29) is 12.1 Å². The number of carbonyl (C=O) groups excluding carboxylic acids is 1. The van der Waals surface area contributed by atoms with Crippen LogP contribution in [0.25, 0.3) is 0 Å². The zero-order valence-electron chi connectivity index (χ0n) is 16.8. The maximum Gasteiger partial charge on any atom is 0.321 e. The van der Waals surface area contributed by atoms with E-state index < -0.39 is 0 Å². The molecule has 1 N–H and O–H groups in total. The Kier molecular flexibility index (Phi) is 6.13. The first-order chi connectivity index (χ1) is 13.6. The molecule has 150 valence electrons. The molecule has 1 unspecified atom stereocenters. The van der Waals surface area contributed by atoms with Gasteiger partial charge in [0.2, 0.25) is 5.75 Å². The first kappa shape index (κ1) is 19.7. The van der Waals surface area contributed by atoms with Crippen molar-refractivity contribution >= 4 is 17.4 Å². The number of likely N-dealkylation sites (N-methyl/N-ethyl adjacent to an activating group) is 1. The maximum atomic E-state index is 12.8. The van der Waals surface area contributed by atoms with Crippen LogP contribution in [-0.4, -0.2) is 58.4 Å². The van der Waals surface area contributed by atoms with Gasteiger partial charge in [0.15, 0.2) is 11.5 Å². The summed E-state index contributed by atoms with van der Waals surface area (Å²) in [5.74, 6) is 1.49. The van der Waals surface area contributed by atoms with E-state index in [1.165, 1.54) is 0 Å². The summed E-state index contributed by atoms with van der Waals surface area (Å²) in [6, 6.07) is 13.8. The van der Waals surface area contributed by atoms with Crippen LogP contribution >= 0.6 is 0 Å². The van der Waals surface area contributed by atoms with Crippen LogP contribution in [-0.2, 0) is 0 Å². The molecule has 28 heavy (non-hydrogen) atoms. The quantitative estimate of drug-likeness (QED) is 0.825. The van der Waals surface area contributed by atoms with Crippen LogP contribution in [0.5, 0.6) is 17.2 Å². The molecule has 1 saturated heterocycles. The van der Waals surface area contributed by atoms with Gasteiger partial charge < -0.3 is 29.3 Å². The molecular weight excluding hydrogens is 358 g/mol. The number of carbonyl (C=O) groups is 1. The number of rotatable bonds is 6. The predicted octanol–water partition coefficient (Wildman–Crippen LogP) is 3.46. The number of ether oxygens (including phenoxy) is 3. The summed E-state index contributed by atoms with van der Waals surface area (Å²) >= 11 is 0. The van der Waals surface area contributed by atoms with Crippen LogP contribution < -0.4 is 24.4 Å². The fourth-order valence-corrected chi connectivity index (χ4v) is 3.47. The number of anilines is 2. The van der Waals surface area contributed by atoms with E-state index in [2.05, 4.69) is 29.4 Å². The van der Waals surface area contributed by atoms with E-state index in [1.54, 1.807) is 33.5 Å². The summed E-state index contributed by atoms with van der Waals surface area (Å²) in [6.07, 6.45) is 0.925. The van der Waals surface area contributed by atoms with E-state index in [1.807, 2.05) is 23.1 Å². The maximum absolute atomic E-state index is 12.8. The molecule has 0 bridgehead atoms. The third-order valence-electron chi connectivity index (χ3n) is 5.08. The highest BCUT2D eigenvalue weighted by Gasteiger charge is 2.29. The number of methoxy groups -OCH3 is 3. The number of para-hydroxylation sites is 1. The molecule has 2 aromatic carbocycles. The Bertz CT molecular complexity index is 788. The van der Waals surface area contributed by atoms with Gasteiger partial charge in [0.1, 0.15) is 0 Å². The Morgan fingerprint density at radius 1 is 1.07 bits per heavy atom. The molecule has 1 aliphatic rings. The second-order valence-electron chi connectivity index (χ2n) is 6.68. The normalized spacial score (nSPS) is 15.9. The number of hydrogen-bond donors (Lipinski definition) is 1. The Morgan fingerprint density at radius 2 is 1.71 bits per heavy atom. The van der Waals surface area contributed by atoms with E-state index in [4.69, 9.17) is 14.2 Å². The van der Waals surface area contributed by atoms with Gasteiger partial charge in [-0.3, -0.25) is 0 Å². The number of nitrogens with one attached hydrogen (secondary N) is 1. The molecule has 2 aromatic rings. The molecular formula is C21H27N3O4. The molecule has 3 rings (SSSR count). The number of urea groups is 1. The molecule has 1 aliphatic heterocycles. The summed E-state index contributed by atoms with van der Waals surface area (Å²) in [4.78, 5) is 16.8. The first-order valence-corrected chi connectivity index (χ1v) is 9.21. The lowest BCUT2D eigenvalue weighted by Crippen LogP contribution is -2.38. The lowest BCUT2D eigenvalue weighted by molar-refractivity contribution is 0.222. The van der Waals surface area contributed by atoms with Crippen molar-refractivity contribution in [2.45, 2.75) is 12.5 Å². The zero-order valence-corrected chi connectivity index (χ0v) is 16.8. The molecule has 0 spiro atoms. The first-order valence-electron chi connectivity index (χ1n) is 9.21. The van der Waals surface area contributed by atoms with Crippen LogP contribution in [0, 0.1) is 0 Å². The molecule has 1 heterocycles. The zero-order chi connectivity index (χ0) is 20.1. The van der Waals surface area contributed by atoms with Gasteiger partial charge in [-0.2, -0.15) is 0 Å². The number of benzene rings is 2. The second-order valence-corrected chi connectivity index (χ2v) is 6.68. The predicted molar refractivity (Wildman–Crippen MR) is 110 cm³/mol. The van der Waals surface area contributed by atoms with Crippen LogP contribution in [0.2, 0.25) is 0 Å². The fourth-order valence-electron chi connectivity index (χ4n) is 3.47. The monoisotopic (exact) mass is 385 g/mol. The number of hydrogen-bond acceptors (Lipinski definition) is 5. The molecule has 1 atom stereocenters. The lowest BCUT2D eigenvalue weighted by Gasteiger charge is -2.27. The fraction of sp³-hybridized carbons (Fsp3) is 0.381. The second kappa shape index (κ2) is 8.73. The summed E-state index contributed by atoms with van der Waals surface area (Å²) in [5.41, 5.74) is 1.75. The van der Waals surface area contributed by atoms with Crippen molar-refractivity contribution in [3.05, 3.63) is 42.5 Å². The van der Waals surface area contributed by atoms with Gasteiger partial charge in [0.25, 0.3) is 0 Å². The van der Waals surface area contributed by atoms with Gasteiger partial charge in [-0.05, 0) is 18.6 Å². The van der Waals surface area contributed by atoms with Gasteiger partial charge in [0, 0.05) is 44.0 Å². The van der Waals surface area contributed by atoms with Crippen molar-refractivity contribution in [2.75, 3.05) is 51.7 Å². The summed E-state index contributed by atoms with van der Waals surface area (Å²) in [7, 11) is 6.72. The molecule has 0 saturated carbocycles. The van der Waals surface area contributed by atoms with E-state index in [0.717, 1.165) is 12.1 Å². The third kappa shape index (κ3) is 4.08. The van der Waals surface area contributed by atoms with Crippen LogP contribution in [0.1, 0.15) is 6.42 Å². The van der Waals surface area contributed by atoms with Gasteiger partial charge in [-0.1, -0.05) is 18.2 Å². The largest absolute Gasteiger partial charge is 0.493 e. The van der Waals surface area contributed by atoms with Gasteiger partial charge in [-0.25, -0.2) is 4.79 Å². The number of likely N-dealkylation sites (tertiary alicyclic amines) is 1. The number of amides is 2. The van der Waals surface area contributed by atoms with Crippen LogP contribution in [0.3, 0.4) is 0 Å². The topological polar surface area (TPSA) is 63.3 Å². The van der Waals surface area contributed by atoms with Gasteiger partial charge >= 0.3 is 6.03 Å². The molecule has 0 aromatic heterocycles. The van der Waals surface area contributed by atoms with E-state index >= 15 is 0 Å². The van der Waals surface area contributed by atoms with Crippen molar-refractivity contribution in [1.29, 1.82) is 0 Å². The van der Waals surface area contributed by atoms with Gasteiger partial charge in [-0.15, -0.1) is 0 Å². The average molecular weight is 385 g/mol. The number of nitrogens with zero attached hydrogens (tertiary/aromatic N) is 2. The van der Waals surface area contributed by atoms with Gasteiger partial charge in [0.05, 0.1) is 27.0 Å². The highest BCUT2D eigenvalue weighted by atomic mass is 16.5. The molecule has 0 aliphatic carbocycles. The molecule has 7 heteroatoms. The minimum absolute atomic E-state index is 0.141. The SMILES string of the molecule is COc1cc(NC(=O)N2CCC(N(C)c3ccccc3)C2)cc(OC)c1OC. The summed E-state index contributed by atoms with van der Waals surface area (Å²) in [6.45, 7) is 1.37. The minimum Gasteiger partial charge on any atom is -0.493 e. The summed E-state index contributed by atoms with van der Waals surface area (Å²) in [5, 5.41) is 2.94. The van der Waals surface area contributed by atoms with Crippen molar-refractivity contribution in [3.63, 3.8) is 0 Å². The van der Waals surface area contributed by atoms with Crippen molar-refractivity contribution in [1.82, 2.24) is 4.90 Å². The lowest BCUT2D eigenvalue weighted by atomic mass is 10.2. The van der Waals surface area contributed by atoms with Crippen LogP contribution in [0.4, 0.5) is 16.2 Å². The molecule has 7 nitrogen and oxygen atoms in total. The molecule has 0 radical (unpaired) electrons. The molecule has 1 fully saturated rings. The standard InChI is InChI=1S/C21H27N3O4/c1-23(16-8-6-5-7-9-16)17-10-11-24(14-17)21(25)22-15-12-18(26-2)20(28-4)19(13-15)27-3/h5-9,12-13,17H,10-11,14H2,1-4H3,(H,22,25). The summed E-state index contributed by atoms with van der Waals surface area (Å²) < 4.78 is 16.0. The van der Waals surface area contributed by atoms with Crippen LogP contribution in [0.15, 0.2) is 42.5 Å². The van der Waals surface area contributed by atoms with E-state index in [9.17, 15) is 4.79 Å². The van der Waals surface area contributed by atoms with Crippen molar-refractivity contribution < 1.29 is 19.0 Å². The Hall–Kier alpha value is -3.09. The average Bonchev–Trinajstić information content (AvgIpc) is 3.23.